The van der Waals surface area contributed by atoms with E-state index in [4.69, 9.17) is 9.72 Å². The normalized spacial score (nSPS) is 19.8. The molecule has 3 rings (SSSR count). The molecular weight excluding hydrogens is 380 g/mol. The first-order chi connectivity index (χ1) is 13.1. The molecule has 27 heavy (non-hydrogen) atoms. The molecule has 0 aliphatic heterocycles. The number of carbonyl (C=O) groups excluding carboxylic acids is 1. The first kappa shape index (κ1) is 20.2. The van der Waals surface area contributed by atoms with Crippen LogP contribution < -0.4 is 5.32 Å². The minimum absolute atomic E-state index is 0.358. The topological polar surface area (TPSA) is 67.3 Å². The third kappa shape index (κ3) is 5.27. The number of amides is 1. The Morgan fingerprint density at radius 3 is 2.70 bits per heavy atom. The fraction of sp³-hybridized carbons (Fsp3) is 0.632. The molecule has 0 unspecified atom stereocenters. The van der Waals surface area contributed by atoms with Gasteiger partial charge in [-0.3, -0.25) is 4.79 Å². The number of nitrogens with one attached hydrogen (secondary N) is 1. The minimum Gasteiger partial charge on any atom is -0.383 e. The molecule has 0 radical (unpaired) electrons. The number of aryl methyl sites for hydroxylation is 2. The van der Waals surface area contributed by atoms with Gasteiger partial charge < -0.3 is 15.0 Å². The number of anilines is 1. The largest absolute Gasteiger partial charge is 0.383 e. The van der Waals surface area contributed by atoms with Crippen LogP contribution in [0.4, 0.5) is 5.13 Å². The van der Waals surface area contributed by atoms with Crippen molar-refractivity contribution in [2.24, 2.45) is 5.92 Å². The number of methoxy groups -OCH3 is 1. The Morgan fingerprint density at radius 2 is 2.07 bits per heavy atom. The second-order valence-electron chi connectivity index (χ2n) is 7.07. The molecule has 1 aliphatic carbocycles. The molecule has 0 saturated heterocycles. The number of hydrogen-bond donors (Lipinski definition) is 1. The molecule has 0 bridgehead atoms. The number of aromatic nitrogens is 2. The van der Waals surface area contributed by atoms with Crippen LogP contribution in [0.15, 0.2) is 5.38 Å². The summed E-state index contributed by atoms with van der Waals surface area (Å²) < 4.78 is 5.10. The third-order valence-electron chi connectivity index (χ3n) is 5.17. The van der Waals surface area contributed by atoms with Crippen LogP contribution in [0.2, 0.25) is 0 Å². The molecule has 1 N–H and O–H groups in total. The number of hydrogen-bond acceptors (Lipinski definition) is 7. The van der Waals surface area contributed by atoms with Gasteiger partial charge in [-0.05, 0) is 45.4 Å². The smallest absolute Gasteiger partial charge is 0.210 e. The molecule has 0 aromatic carbocycles. The van der Waals surface area contributed by atoms with E-state index in [1.165, 1.54) is 4.88 Å². The molecule has 148 valence electrons. The minimum atomic E-state index is 0.358. The lowest BCUT2D eigenvalue weighted by Crippen LogP contribution is -2.39. The molecule has 1 aliphatic rings. The predicted octanol–water partition coefficient (Wildman–Crippen LogP) is 3.96. The summed E-state index contributed by atoms with van der Waals surface area (Å²) >= 11 is 3.36. The zero-order valence-electron chi connectivity index (χ0n) is 16.2. The number of carbonyl (C=O) groups is 1. The van der Waals surface area contributed by atoms with Crippen molar-refractivity contribution < 1.29 is 9.53 Å². The van der Waals surface area contributed by atoms with E-state index in [1.807, 2.05) is 11.8 Å². The molecular formula is C19H28N4O2S2. The van der Waals surface area contributed by atoms with Crippen LogP contribution in [0, 0.1) is 19.8 Å². The maximum Gasteiger partial charge on any atom is 0.210 e. The van der Waals surface area contributed by atoms with Crippen LogP contribution in [-0.4, -0.2) is 54.1 Å². The molecule has 2 aromatic heterocycles. The molecule has 1 saturated carbocycles. The Hall–Kier alpha value is -1.51. The SMILES string of the molecule is COCCN(C=O)C1CCC(CNc2nc(-c3nc(C)sc3C)cs2)CC1. The van der Waals surface area contributed by atoms with Gasteiger partial charge in [-0.15, -0.1) is 22.7 Å². The molecule has 2 heterocycles. The van der Waals surface area contributed by atoms with Gasteiger partial charge in [0, 0.05) is 36.5 Å². The summed E-state index contributed by atoms with van der Waals surface area (Å²) in [5, 5.41) is 7.63. The van der Waals surface area contributed by atoms with Crippen molar-refractivity contribution in [3.63, 3.8) is 0 Å². The van der Waals surface area contributed by atoms with E-state index in [0.717, 1.165) is 60.2 Å². The summed E-state index contributed by atoms with van der Waals surface area (Å²) in [5.74, 6) is 0.632. The number of thiazole rings is 2. The van der Waals surface area contributed by atoms with Gasteiger partial charge in [-0.2, -0.15) is 0 Å². The molecule has 8 heteroatoms. The summed E-state index contributed by atoms with van der Waals surface area (Å²) in [6, 6.07) is 0.358. The van der Waals surface area contributed by atoms with Crippen molar-refractivity contribution in [1.29, 1.82) is 0 Å². The highest BCUT2D eigenvalue weighted by Gasteiger charge is 2.25. The van der Waals surface area contributed by atoms with Crippen molar-refractivity contribution in [3.8, 4) is 11.4 Å². The average molecular weight is 409 g/mol. The standard InChI is InChI=1S/C19H28N4O2S2/c1-13-18(21-14(2)27-13)17-11-26-19(22-17)20-10-15-4-6-16(7-5-15)23(12-24)8-9-25-3/h11-12,15-16H,4-10H2,1-3H3,(H,20,22). The van der Waals surface area contributed by atoms with E-state index in [-0.39, 0.29) is 0 Å². The van der Waals surface area contributed by atoms with Crippen molar-refractivity contribution in [3.05, 3.63) is 15.3 Å². The van der Waals surface area contributed by atoms with Gasteiger partial charge in [0.05, 0.1) is 11.6 Å². The van der Waals surface area contributed by atoms with Crippen molar-refractivity contribution in [1.82, 2.24) is 14.9 Å². The monoisotopic (exact) mass is 408 g/mol. The second-order valence-corrected chi connectivity index (χ2v) is 9.33. The number of ether oxygens (including phenoxy) is 1. The Bertz CT molecular complexity index is 738. The van der Waals surface area contributed by atoms with Crippen LogP contribution in [0.3, 0.4) is 0 Å². The van der Waals surface area contributed by atoms with E-state index < -0.39 is 0 Å². The second kappa shape index (κ2) is 9.61. The third-order valence-corrected chi connectivity index (χ3v) is 6.85. The fourth-order valence-corrected chi connectivity index (χ4v) is 5.19. The van der Waals surface area contributed by atoms with Gasteiger partial charge in [-0.1, -0.05) is 0 Å². The molecule has 1 fully saturated rings. The van der Waals surface area contributed by atoms with Gasteiger partial charge in [0.25, 0.3) is 0 Å². The fourth-order valence-electron chi connectivity index (χ4n) is 3.66. The molecule has 6 nitrogen and oxygen atoms in total. The van der Waals surface area contributed by atoms with Crippen LogP contribution in [0.25, 0.3) is 11.4 Å². The quantitative estimate of drug-likeness (QED) is 0.636. The molecule has 0 atom stereocenters. The molecule has 0 spiro atoms. The number of nitrogens with zero attached hydrogens (tertiary/aromatic N) is 3. The summed E-state index contributed by atoms with van der Waals surface area (Å²) in [6.45, 7) is 6.35. The lowest BCUT2D eigenvalue weighted by Gasteiger charge is -2.34. The molecule has 2 aromatic rings. The van der Waals surface area contributed by atoms with Gasteiger partial charge in [0.15, 0.2) is 5.13 Å². The Labute approximate surface area is 169 Å². The Morgan fingerprint density at radius 1 is 1.30 bits per heavy atom. The van der Waals surface area contributed by atoms with Crippen LogP contribution in [0.5, 0.6) is 0 Å². The van der Waals surface area contributed by atoms with E-state index >= 15 is 0 Å². The van der Waals surface area contributed by atoms with E-state index in [0.29, 0.717) is 25.1 Å². The number of rotatable bonds is 9. The first-order valence-electron chi connectivity index (χ1n) is 9.44. The van der Waals surface area contributed by atoms with Gasteiger partial charge in [0.2, 0.25) is 6.41 Å². The van der Waals surface area contributed by atoms with Crippen LogP contribution in [0.1, 0.15) is 35.6 Å². The van der Waals surface area contributed by atoms with Crippen molar-refractivity contribution in [2.45, 2.75) is 45.6 Å². The lowest BCUT2D eigenvalue weighted by molar-refractivity contribution is -0.121. The summed E-state index contributed by atoms with van der Waals surface area (Å²) in [5.41, 5.74) is 1.97. The first-order valence-corrected chi connectivity index (χ1v) is 11.1. The predicted molar refractivity (Wildman–Crippen MR) is 112 cm³/mol. The van der Waals surface area contributed by atoms with Crippen LogP contribution in [-0.2, 0) is 9.53 Å². The van der Waals surface area contributed by atoms with Gasteiger partial charge >= 0.3 is 0 Å². The Kier molecular flexibility index (Phi) is 7.20. The van der Waals surface area contributed by atoms with Crippen LogP contribution >= 0.6 is 22.7 Å². The highest BCUT2D eigenvalue weighted by Crippen LogP contribution is 2.31. The average Bonchev–Trinajstić information content (AvgIpc) is 3.27. The zero-order chi connectivity index (χ0) is 19.2. The van der Waals surface area contributed by atoms with Gasteiger partial charge in [-0.25, -0.2) is 9.97 Å². The van der Waals surface area contributed by atoms with E-state index in [1.54, 1.807) is 29.8 Å². The maximum atomic E-state index is 11.3. The van der Waals surface area contributed by atoms with Gasteiger partial charge in [0.1, 0.15) is 11.4 Å². The van der Waals surface area contributed by atoms with E-state index in [9.17, 15) is 4.79 Å². The Balaban J connectivity index is 1.47. The zero-order valence-corrected chi connectivity index (χ0v) is 17.9. The summed E-state index contributed by atoms with van der Waals surface area (Å²) in [6.07, 6.45) is 5.38. The highest BCUT2D eigenvalue weighted by molar-refractivity contribution is 7.14. The highest BCUT2D eigenvalue weighted by atomic mass is 32.1. The lowest BCUT2D eigenvalue weighted by atomic mass is 9.85. The van der Waals surface area contributed by atoms with E-state index in [2.05, 4.69) is 22.6 Å². The van der Waals surface area contributed by atoms with Crippen molar-refractivity contribution in [2.75, 3.05) is 32.1 Å². The maximum absolute atomic E-state index is 11.3. The van der Waals surface area contributed by atoms with Crippen molar-refractivity contribution >= 4 is 34.2 Å². The molecule has 1 amide bonds. The summed E-state index contributed by atoms with van der Waals surface area (Å²) in [4.78, 5) is 23.7. The summed E-state index contributed by atoms with van der Waals surface area (Å²) in [7, 11) is 1.67.